The van der Waals surface area contributed by atoms with Crippen molar-refractivity contribution >= 4 is 11.9 Å². The number of hydrogen-bond donors (Lipinski definition) is 2. The normalized spacial score (nSPS) is 10.6. The van der Waals surface area contributed by atoms with Crippen LogP contribution in [0.25, 0.3) is 6.08 Å². The molecular weight excluding hydrogens is 304 g/mol. The van der Waals surface area contributed by atoms with Crippen molar-refractivity contribution in [1.82, 2.24) is 0 Å². The zero-order valence-electron chi connectivity index (χ0n) is 13.7. The predicted molar refractivity (Wildman–Crippen MR) is 94.5 cm³/mol. The third-order valence-electron chi connectivity index (χ3n) is 3.32. The van der Waals surface area contributed by atoms with E-state index in [9.17, 15) is 15.0 Å². The first kappa shape index (κ1) is 17.3. The van der Waals surface area contributed by atoms with Crippen molar-refractivity contribution in [2.24, 2.45) is 0 Å². The number of ether oxygens (including phenoxy) is 1. The van der Waals surface area contributed by atoms with Gasteiger partial charge in [0, 0.05) is 0 Å². The van der Waals surface area contributed by atoms with Gasteiger partial charge in [0.1, 0.15) is 6.61 Å². The quantitative estimate of drug-likeness (QED) is 0.471. The molecule has 0 aliphatic heterocycles. The molecular formula is C20H20O4. The topological polar surface area (TPSA) is 66.8 Å². The fourth-order valence-electron chi connectivity index (χ4n) is 2.02. The molecule has 4 heteroatoms. The summed E-state index contributed by atoms with van der Waals surface area (Å²) in [5.41, 5.74) is 2.00. The van der Waals surface area contributed by atoms with E-state index in [1.807, 2.05) is 50.3 Å². The van der Waals surface area contributed by atoms with Gasteiger partial charge in [-0.05, 0) is 43.7 Å². The Balaban J connectivity index is 2.22. The van der Waals surface area contributed by atoms with E-state index in [2.05, 4.69) is 0 Å². The number of carbonyl (C=O) groups excluding carboxylic acids is 1. The van der Waals surface area contributed by atoms with Gasteiger partial charge >= 0.3 is 0 Å². The number of allylic oxidation sites excluding steroid dienone is 2. The monoisotopic (exact) mass is 324 g/mol. The SMILES string of the molecule is CC(C)=CCOc1c(O)ccc(C(=O)C=Cc2ccccc2)c1O. The molecule has 0 amide bonds. The first-order valence-corrected chi connectivity index (χ1v) is 7.57. The van der Waals surface area contributed by atoms with Gasteiger partial charge in [-0.2, -0.15) is 0 Å². The van der Waals surface area contributed by atoms with Crippen molar-refractivity contribution in [3.63, 3.8) is 0 Å². The summed E-state index contributed by atoms with van der Waals surface area (Å²) in [7, 11) is 0. The second-order valence-electron chi connectivity index (χ2n) is 5.51. The first-order chi connectivity index (χ1) is 11.5. The molecule has 4 nitrogen and oxygen atoms in total. The highest BCUT2D eigenvalue weighted by molar-refractivity contribution is 6.09. The fourth-order valence-corrected chi connectivity index (χ4v) is 2.02. The van der Waals surface area contributed by atoms with Gasteiger partial charge in [0.25, 0.3) is 0 Å². The van der Waals surface area contributed by atoms with Crippen LogP contribution in [0.15, 0.2) is 60.2 Å². The van der Waals surface area contributed by atoms with Gasteiger partial charge in [-0.15, -0.1) is 0 Å². The standard InChI is InChI=1S/C20H20O4/c1-14(2)12-13-24-20-18(22)11-9-16(19(20)23)17(21)10-8-15-6-4-3-5-7-15/h3-12,22-23H,13H2,1-2H3. The molecule has 0 saturated carbocycles. The number of ketones is 1. The Hall–Kier alpha value is -3.01. The van der Waals surface area contributed by atoms with Gasteiger partial charge in [-0.3, -0.25) is 4.79 Å². The fraction of sp³-hybridized carbons (Fsp3) is 0.150. The minimum atomic E-state index is -0.372. The van der Waals surface area contributed by atoms with E-state index in [1.165, 1.54) is 18.2 Å². The molecule has 2 aromatic rings. The average molecular weight is 324 g/mol. The van der Waals surface area contributed by atoms with E-state index in [0.29, 0.717) is 0 Å². The van der Waals surface area contributed by atoms with Crippen molar-refractivity contribution in [3.8, 4) is 17.2 Å². The highest BCUT2D eigenvalue weighted by atomic mass is 16.5. The van der Waals surface area contributed by atoms with Crippen molar-refractivity contribution in [1.29, 1.82) is 0 Å². The van der Waals surface area contributed by atoms with Crippen LogP contribution in [0.3, 0.4) is 0 Å². The number of carbonyl (C=O) groups is 1. The van der Waals surface area contributed by atoms with Gasteiger partial charge in [0.05, 0.1) is 5.56 Å². The number of hydrogen-bond acceptors (Lipinski definition) is 4. The lowest BCUT2D eigenvalue weighted by Crippen LogP contribution is -2.00. The Kier molecular flexibility index (Phi) is 5.79. The molecule has 0 fully saturated rings. The van der Waals surface area contributed by atoms with Crippen LogP contribution in [-0.4, -0.2) is 22.6 Å². The maximum atomic E-state index is 12.3. The minimum Gasteiger partial charge on any atom is -0.504 e. The van der Waals surface area contributed by atoms with Crippen LogP contribution in [0.1, 0.15) is 29.8 Å². The van der Waals surface area contributed by atoms with Gasteiger partial charge in [0.15, 0.2) is 17.3 Å². The van der Waals surface area contributed by atoms with Crippen LogP contribution < -0.4 is 4.74 Å². The zero-order chi connectivity index (χ0) is 17.5. The molecule has 0 atom stereocenters. The van der Waals surface area contributed by atoms with E-state index >= 15 is 0 Å². The van der Waals surface area contributed by atoms with Crippen LogP contribution in [0.2, 0.25) is 0 Å². The molecule has 0 spiro atoms. The molecule has 2 rings (SSSR count). The highest BCUT2D eigenvalue weighted by Gasteiger charge is 2.17. The molecule has 2 aromatic carbocycles. The van der Waals surface area contributed by atoms with Crippen LogP contribution in [-0.2, 0) is 0 Å². The summed E-state index contributed by atoms with van der Waals surface area (Å²) in [5, 5.41) is 20.1. The Labute approximate surface area is 141 Å². The van der Waals surface area contributed by atoms with E-state index in [1.54, 1.807) is 6.08 Å². The number of phenolic OH excluding ortho intramolecular Hbond substituents is 2. The zero-order valence-corrected chi connectivity index (χ0v) is 13.7. The lowest BCUT2D eigenvalue weighted by Gasteiger charge is -2.10. The summed E-state index contributed by atoms with van der Waals surface area (Å²) in [6.45, 7) is 4.02. The third-order valence-corrected chi connectivity index (χ3v) is 3.32. The molecule has 24 heavy (non-hydrogen) atoms. The smallest absolute Gasteiger partial charge is 0.204 e. The molecule has 0 heterocycles. The van der Waals surface area contributed by atoms with Crippen molar-refractivity contribution in [3.05, 3.63) is 71.3 Å². The molecule has 124 valence electrons. The van der Waals surface area contributed by atoms with Crippen LogP contribution in [0.4, 0.5) is 0 Å². The third kappa shape index (κ3) is 4.49. The molecule has 0 aromatic heterocycles. The Bertz CT molecular complexity index is 770. The maximum Gasteiger partial charge on any atom is 0.204 e. The van der Waals surface area contributed by atoms with Crippen LogP contribution in [0.5, 0.6) is 17.2 Å². The first-order valence-electron chi connectivity index (χ1n) is 7.57. The Morgan fingerprint density at radius 3 is 2.46 bits per heavy atom. The summed E-state index contributed by atoms with van der Waals surface area (Å²) in [6, 6.07) is 12.1. The van der Waals surface area contributed by atoms with Gasteiger partial charge in [0.2, 0.25) is 5.75 Å². The molecule has 0 aliphatic carbocycles. The number of aromatic hydroxyl groups is 2. The molecule has 0 saturated heterocycles. The van der Waals surface area contributed by atoms with E-state index in [4.69, 9.17) is 4.74 Å². The van der Waals surface area contributed by atoms with Crippen LogP contribution >= 0.6 is 0 Å². The lowest BCUT2D eigenvalue weighted by molar-refractivity contribution is 0.104. The minimum absolute atomic E-state index is 0.0761. The molecule has 2 N–H and O–H groups in total. The number of benzene rings is 2. The summed E-state index contributed by atoms with van der Waals surface area (Å²) in [4.78, 5) is 12.3. The summed E-state index contributed by atoms with van der Waals surface area (Å²) < 4.78 is 5.38. The van der Waals surface area contributed by atoms with E-state index in [-0.39, 0.29) is 35.2 Å². The van der Waals surface area contributed by atoms with Crippen molar-refractivity contribution < 1.29 is 19.7 Å². The second-order valence-corrected chi connectivity index (χ2v) is 5.51. The van der Waals surface area contributed by atoms with Crippen molar-refractivity contribution in [2.75, 3.05) is 6.61 Å². The summed E-state index contributed by atoms with van der Waals surface area (Å²) >= 11 is 0. The average Bonchev–Trinajstić information content (AvgIpc) is 2.56. The van der Waals surface area contributed by atoms with Gasteiger partial charge < -0.3 is 14.9 Å². The predicted octanol–water partition coefficient (Wildman–Crippen LogP) is 4.34. The van der Waals surface area contributed by atoms with Crippen molar-refractivity contribution in [2.45, 2.75) is 13.8 Å². The highest BCUT2D eigenvalue weighted by Crippen LogP contribution is 2.38. The largest absolute Gasteiger partial charge is 0.504 e. The summed E-state index contributed by atoms with van der Waals surface area (Å²) in [5.74, 6) is -1.03. The molecule has 0 bridgehead atoms. The molecule has 0 unspecified atom stereocenters. The number of rotatable bonds is 6. The Morgan fingerprint density at radius 1 is 1.08 bits per heavy atom. The molecule has 0 aliphatic rings. The van der Waals surface area contributed by atoms with Gasteiger partial charge in [-0.1, -0.05) is 42.0 Å². The van der Waals surface area contributed by atoms with Crippen LogP contribution in [0, 0.1) is 0 Å². The summed E-state index contributed by atoms with van der Waals surface area (Å²) in [6.07, 6.45) is 4.85. The maximum absolute atomic E-state index is 12.3. The second kappa shape index (κ2) is 8.02. The number of phenols is 2. The van der Waals surface area contributed by atoms with E-state index in [0.717, 1.165) is 11.1 Å². The van der Waals surface area contributed by atoms with Gasteiger partial charge in [-0.25, -0.2) is 0 Å². The van der Waals surface area contributed by atoms with E-state index < -0.39 is 0 Å². The molecule has 0 radical (unpaired) electrons. The Morgan fingerprint density at radius 2 is 1.79 bits per heavy atom. The lowest BCUT2D eigenvalue weighted by atomic mass is 10.1.